The molecule has 1 amide bonds. The highest BCUT2D eigenvalue weighted by molar-refractivity contribution is 7.99. The molecule has 2 aliphatic heterocycles. The maximum atomic E-state index is 12.4. The van der Waals surface area contributed by atoms with Gasteiger partial charge in [0.2, 0.25) is 0 Å². The van der Waals surface area contributed by atoms with Gasteiger partial charge in [0, 0.05) is 19.0 Å². The van der Waals surface area contributed by atoms with Crippen molar-refractivity contribution >= 4 is 23.7 Å². The van der Waals surface area contributed by atoms with Crippen molar-refractivity contribution in [3.8, 4) is 0 Å². The van der Waals surface area contributed by atoms with Gasteiger partial charge in [-0.05, 0) is 31.1 Å². The summed E-state index contributed by atoms with van der Waals surface area (Å²) in [7, 11) is 0. The summed E-state index contributed by atoms with van der Waals surface area (Å²) in [4.78, 5) is 17.3. The van der Waals surface area contributed by atoms with Crippen LogP contribution in [0.4, 0.5) is 0 Å². The number of carbonyl (C=O) groups is 1. The molecule has 4 nitrogen and oxygen atoms in total. The second-order valence-electron chi connectivity index (χ2n) is 6.02. The molecule has 0 unspecified atom stereocenters. The van der Waals surface area contributed by atoms with E-state index in [9.17, 15) is 4.79 Å². The smallest absolute Gasteiger partial charge is 0.253 e. The normalized spacial score (nSPS) is 23.3. The van der Waals surface area contributed by atoms with E-state index in [0.29, 0.717) is 5.92 Å². The van der Waals surface area contributed by atoms with Gasteiger partial charge < -0.3 is 5.32 Å². The van der Waals surface area contributed by atoms with Crippen LogP contribution in [0.5, 0.6) is 0 Å². The summed E-state index contributed by atoms with van der Waals surface area (Å²) in [6, 6.07) is 0. The molecule has 1 saturated heterocycles. The first-order valence-electron chi connectivity index (χ1n) is 9.67. The van der Waals surface area contributed by atoms with Gasteiger partial charge in [0.1, 0.15) is 11.4 Å². The number of nitrogens with one attached hydrogen (secondary N) is 1. The van der Waals surface area contributed by atoms with Gasteiger partial charge in [-0.15, -0.1) is 0 Å². The Morgan fingerprint density at radius 1 is 1.17 bits per heavy atom. The molecule has 24 heavy (non-hydrogen) atoms. The van der Waals surface area contributed by atoms with E-state index in [1.807, 2.05) is 33.1 Å². The van der Waals surface area contributed by atoms with Gasteiger partial charge in [0.25, 0.3) is 5.91 Å². The highest BCUT2D eigenvalue weighted by Crippen LogP contribution is 2.35. The van der Waals surface area contributed by atoms with Crippen LogP contribution in [0.1, 0.15) is 72.6 Å². The number of amides is 1. The van der Waals surface area contributed by atoms with Crippen molar-refractivity contribution < 1.29 is 4.79 Å². The van der Waals surface area contributed by atoms with E-state index >= 15 is 0 Å². The molecule has 0 atom stereocenters. The standard InChI is InChI=1S/C15H23N3OS.2C2H6/c1-2-20-18-10-8-15(9-11-18)14(19)16-13(17-15)12-6-4-3-5-7-12;2*1-2/h2,12H,1,3-11H2,(H,16,17,19);2*1-2H3. The van der Waals surface area contributed by atoms with Crippen molar-refractivity contribution in [3.63, 3.8) is 0 Å². The summed E-state index contributed by atoms with van der Waals surface area (Å²) in [5, 5.41) is 4.95. The number of carbonyl (C=O) groups excluding carboxylic acids is 1. The van der Waals surface area contributed by atoms with E-state index in [1.165, 1.54) is 32.1 Å². The minimum Gasteiger partial charge on any atom is -0.312 e. The molecule has 0 bridgehead atoms. The van der Waals surface area contributed by atoms with Gasteiger partial charge >= 0.3 is 0 Å². The minimum atomic E-state index is -0.467. The summed E-state index contributed by atoms with van der Waals surface area (Å²) >= 11 is 1.64. The summed E-state index contributed by atoms with van der Waals surface area (Å²) < 4.78 is 2.26. The topological polar surface area (TPSA) is 44.7 Å². The van der Waals surface area contributed by atoms with Crippen LogP contribution in [0.3, 0.4) is 0 Å². The quantitative estimate of drug-likeness (QED) is 0.743. The Morgan fingerprint density at radius 2 is 1.75 bits per heavy atom. The fourth-order valence-corrected chi connectivity index (χ4v) is 4.12. The highest BCUT2D eigenvalue weighted by atomic mass is 32.2. The number of hydrogen-bond acceptors (Lipinski definition) is 4. The van der Waals surface area contributed by atoms with Crippen LogP contribution in [0, 0.1) is 5.92 Å². The largest absolute Gasteiger partial charge is 0.312 e. The van der Waals surface area contributed by atoms with Gasteiger partial charge in [0.15, 0.2) is 0 Å². The molecule has 0 radical (unpaired) electrons. The lowest BCUT2D eigenvalue weighted by Crippen LogP contribution is -2.47. The molecule has 0 aromatic heterocycles. The van der Waals surface area contributed by atoms with E-state index in [2.05, 4.69) is 16.2 Å². The SMILES string of the molecule is C=CSN1CCC2(CC1)N=C(C1CCCCC1)NC2=O.CC.CC. The van der Waals surface area contributed by atoms with Crippen molar-refractivity contribution in [2.45, 2.75) is 78.2 Å². The number of hydrogen-bond donors (Lipinski definition) is 1. The average Bonchev–Trinajstić information content (AvgIpc) is 2.98. The lowest BCUT2D eigenvalue weighted by atomic mass is 9.88. The summed E-state index contributed by atoms with van der Waals surface area (Å²) in [5.41, 5.74) is -0.467. The van der Waals surface area contributed by atoms with Crippen LogP contribution in [0.15, 0.2) is 17.0 Å². The zero-order chi connectivity index (χ0) is 18.0. The Kier molecular flexibility index (Phi) is 9.67. The molecular formula is C19H35N3OS. The Balaban J connectivity index is 0.000000671. The van der Waals surface area contributed by atoms with E-state index in [1.54, 1.807) is 11.9 Å². The second-order valence-corrected chi connectivity index (χ2v) is 7.08. The molecule has 0 aromatic rings. The van der Waals surface area contributed by atoms with Crippen molar-refractivity contribution in [3.05, 3.63) is 12.0 Å². The number of piperidine rings is 1. The minimum absolute atomic E-state index is 0.140. The van der Waals surface area contributed by atoms with E-state index in [4.69, 9.17) is 4.99 Å². The third-order valence-electron chi connectivity index (χ3n) is 4.76. The van der Waals surface area contributed by atoms with Crippen LogP contribution in [0.25, 0.3) is 0 Å². The summed E-state index contributed by atoms with van der Waals surface area (Å²) in [5.74, 6) is 1.62. The molecule has 138 valence electrons. The van der Waals surface area contributed by atoms with Crippen LogP contribution < -0.4 is 5.32 Å². The summed E-state index contributed by atoms with van der Waals surface area (Å²) in [6.07, 6.45) is 7.91. The van der Waals surface area contributed by atoms with Gasteiger partial charge in [0.05, 0.1) is 0 Å². The van der Waals surface area contributed by atoms with Crippen molar-refractivity contribution in [1.82, 2.24) is 9.62 Å². The van der Waals surface area contributed by atoms with Gasteiger partial charge in [-0.2, -0.15) is 0 Å². The van der Waals surface area contributed by atoms with Gasteiger partial charge in [-0.25, -0.2) is 4.31 Å². The lowest BCUT2D eigenvalue weighted by molar-refractivity contribution is -0.124. The fourth-order valence-electron chi connectivity index (χ4n) is 3.52. The average molecular weight is 354 g/mol. The molecule has 5 heteroatoms. The third kappa shape index (κ3) is 5.09. The van der Waals surface area contributed by atoms with Crippen LogP contribution in [-0.2, 0) is 4.79 Å². The Morgan fingerprint density at radius 3 is 2.29 bits per heavy atom. The third-order valence-corrected chi connectivity index (χ3v) is 5.58. The second kappa shape index (κ2) is 10.9. The van der Waals surface area contributed by atoms with Crippen molar-refractivity contribution in [2.24, 2.45) is 10.9 Å². The predicted octanol–water partition coefficient (Wildman–Crippen LogP) is 4.77. The number of nitrogens with zero attached hydrogens (tertiary/aromatic N) is 2. The maximum absolute atomic E-state index is 12.4. The number of rotatable bonds is 3. The molecule has 3 rings (SSSR count). The first-order valence-corrected chi connectivity index (χ1v) is 10.5. The van der Waals surface area contributed by atoms with E-state index < -0.39 is 5.54 Å². The van der Waals surface area contributed by atoms with Crippen LogP contribution in [-0.4, -0.2) is 34.7 Å². The van der Waals surface area contributed by atoms with Crippen LogP contribution in [0.2, 0.25) is 0 Å². The maximum Gasteiger partial charge on any atom is 0.253 e. The molecule has 1 aliphatic carbocycles. The van der Waals surface area contributed by atoms with Gasteiger partial charge in [-0.3, -0.25) is 9.79 Å². The van der Waals surface area contributed by atoms with Gasteiger partial charge in [-0.1, -0.05) is 65.5 Å². The predicted molar refractivity (Wildman–Crippen MR) is 106 cm³/mol. The molecule has 2 fully saturated rings. The Bertz CT molecular complexity index is 422. The molecule has 1 spiro atoms. The molecule has 1 saturated carbocycles. The Labute approximate surface area is 152 Å². The van der Waals surface area contributed by atoms with Crippen molar-refractivity contribution in [1.29, 1.82) is 0 Å². The van der Waals surface area contributed by atoms with E-state index in [-0.39, 0.29) is 5.91 Å². The number of aliphatic imine (C=N–C) groups is 1. The first-order chi connectivity index (χ1) is 11.7. The molecule has 3 aliphatic rings. The van der Waals surface area contributed by atoms with E-state index in [0.717, 1.165) is 31.8 Å². The highest BCUT2D eigenvalue weighted by Gasteiger charge is 2.46. The summed E-state index contributed by atoms with van der Waals surface area (Å²) in [6.45, 7) is 13.6. The Hall–Kier alpha value is -0.810. The zero-order valence-electron chi connectivity index (χ0n) is 15.9. The molecule has 0 aromatic carbocycles. The molecular weight excluding hydrogens is 318 g/mol. The number of amidine groups is 1. The first kappa shape index (κ1) is 21.2. The fraction of sp³-hybridized carbons (Fsp3) is 0.789. The zero-order valence-corrected chi connectivity index (χ0v) is 16.8. The monoisotopic (exact) mass is 353 g/mol. The molecule has 1 N–H and O–H groups in total. The molecule has 2 heterocycles. The van der Waals surface area contributed by atoms with Crippen molar-refractivity contribution in [2.75, 3.05) is 13.1 Å². The lowest BCUT2D eigenvalue weighted by Gasteiger charge is -2.34. The van der Waals surface area contributed by atoms with Crippen LogP contribution >= 0.6 is 11.9 Å².